The highest BCUT2D eigenvalue weighted by atomic mass is 19.4. The summed E-state index contributed by atoms with van der Waals surface area (Å²) in [6.45, 7) is 2.68. The number of ether oxygens (including phenoxy) is 1. The molecule has 3 rings (SSSR count). The number of carbonyl (C=O) groups is 2. The summed E-state index contributed by atoms with van der Waals surface area (Å²) in [7, 11) is 1.37. The molecule has 2 aromatic rings. The van der Waals surface area contributed by atoms with Gasteiger partial charge in [-0.1, -0.05) is 12.1 Å². The lowest BCUT2D eigenvalue weighted by Gasteiger charge is -2.44. The average molecular weight is 452 g/mol. The number of fused-ring (bicyclic) bond motifs is 1. The van der Waals surface area contributed by atoms with Gasteiger partial charge in [-0.05, 0) is 43.7 Å². The molecule has 1 amide bonds. The van der Waals surface area contributed by atoms with Crippen molar-refractivity contribution in [3.8, 4) is 0 Å². The number of halogens is 4. The lowest BCUT2D eigenvalue weighted by molar-refractivity contribution is -0.140. The Morgan fingerprint density at radius 1 is 1.19 bits per heavy atom. The zero-order chi connectivity index (χ0) is 23.8. The molecule has 170 valence electrons. The molecule has 0 radical (unpaired) electrons. The van der Waals surface area contributed by atoms with Crippen LogP contribution < -0.4 is 4.48 Å². The van der Waals surface area contributed by atoms with E-state index in [2.05, 4.69) is 0 Å². The summed E-state index contributed by atoms with van der Waals surface area (Å²) in [6.07, 6.45) is -4.68. The van der Waals surface area contributed by atoms with Gasteiger partial charge in [0.2, 0.25) is 0 Å². The van der Waals surface area contributed by atoms with Gasteiger partial charge in [0.25, 0.3) is 0 Å². The van der Waals surface area contributed by atoms with Crippen molar-refractivity contribution in [2.75, 3.05) is 13.7 Å². The number of aliphatic carboxylic acids is 1. The minimum absolute atomic E-state index is 0.00105. The van der Waals surface area contributed by atoms with Gasteiger partial charge in [-0.3, -0.25) is 0 Å². The first-order chi connectivity index (χ1) is 14.9. The molecule has 0 spiro atoms. The van der Waals surface area contributed by atoms with Gasteiger partial charge in [-0.25, -0.2) is 18.5 Å². The normalized spacial score (nSPS) is 19.7. The van der Waals surface area contributed by atoms with Gasteiger partial charge in [0.05, 0.1) is 12.2 Å². The largest absolute Gasteiger partial charge is 0.477 e. The predicted octanol–water partition coefficient (Wildman–Crippen LogP) is 4.79. The van der Waals surface area contributed by atoms with Crippen LogP contribution in [-0.4, -0.2) is 36.7 Å². The van der Waals surface area contributed by atoms with E-state index >= 15 is 0 Å². The van der Waals surface area contributed by atoms with E-state index in [1.54, 1.807) is 6.92 Å². The zero-order valence-electron chi connectivity index (χ0n) is 17.7. The number of alkyl halides is 3. The second kappa shape index (κ2) is 8.48. The average Bonchev–Trinajstić information content (AvgIpc) is 2.70. The van der Waals surface area contributed by atoms with Crippen molar-refractivity contribution in [3.63, 3.8) is 0 Å². The van der Waals surface area contributed by atoms with Crippen LogP contribution in [0.1, 0.15) is 30.5 Å². The molecule has 0 aliphatic carbocycles. The molecule has 9 heteroatoms. The number of rotatable bonds is 6. The van der Waals surface area contributed by atoms with Crippen molar-refractivity contribution in [3.05, 3.63) is 70.5 Å². The van der Waals surface area contributed by atoms with Crippen molar-refractivity contribution in [2.45, 2.75) is 32.6 Å². The number of hydrogen-bond acceptors (Lipinski definition) is 3. The molecule has 0 fully saturated rings. The quantitative estimate of drug-likeness (QED) is 0.389. The molecular weight excluding hydrogens is 430 g/mol. The molecule has 0 aromatic heterocycles. The Morgan fingerprint density at radius 2 is 1.88 bits per heavy atom. The Labute approximate surface area is 182 Å². The summed E-state index contributed by atoms with van der Waals surface area (Å²) in [4.78, 5) is 25.8. The summed E-state index contributed by atoms with van der Waals surface area (Å²) >= 11 is 0. The number of nitrogens with zero attached hydrogens (tertiary/aromatic N) is 1. The minimum Gasteiger partial charge on any atom is -0.477 e. The fourth-order valence-electron chi connectivity index (χ4n) is 4.25. The Morgan fingerprint density at radius 3 is 2.44 bits per heavy atom. The fraction of sp³-hybridized carbons (Fsp3) is 0.304. The fourth-order valence-corrected chi connectivity index (χ4v) is 4.25. The molecule has 0 bridgehead atoms. The number of hydrogen-bond donors (Lipinski definition) is 1. The molecule has 1 N–H and O–H groups in total. The number of carbonyl (C=O) groups excluding carboxylic acids is 1. The number of carboxylic acid groups (broad SMARTS) is 1. The molecule has 2 atom stereocenters. The monoisotopic (exact) mass is 452 g/mol. The first kappa shape index (κ1) is 23.6. The number of allylic oxidation sites excluding steroid dienone is 1. The van der Waals surface area contributed by atoms with E-state index in [4.69, 9.17) is 4.74 Å². The third kappa shape index (κ3) is 3.93. The second-order valence-electron chi connectivity index (χ2n) is 7.80. The van der Waals surface area contributed by atoms with Crippen LogP contribution in [0, 0.1) is 5.82 Å². The van der Waals surface area contributed by atoms with Crippen LogP contribution in [0.25, 0.3) is 5.57 Å². The third-order valence-electron chi connectivity index (χ3n) is 5.81. The van der Waals surface area contributed by atoms with E-state index in [0.29, 0.717) is 5.56 Å². The van der Waals surface area contributed by atoms with E-state index in [0.717, 1.165) is 12.1 Å². The first-order valence-corrected chi connectivity index (χ1v) is 9.75. The number of quaternary nitrogens is 1. The van der Waals surface area contributed by atoms with Gasteiger partial charge in [-0.2, -0.15) is 13.2 Å². The van der Waals surface area contributed by atoms with E-state index in [-0.39, 0.29) is 30.0 Å². The molecule has 1 aliphatic rings. The van der Waals surface area contributed by atoms with Crippen molar-refractivity contribution in [1.29, 1.82) is 0 Å². The number of benzene rings is 2. The van der Waals surface area contributed by atoms with Crippen LogP contribution in [0.5, 0.6) is 0 Å². The lowest BCUT2D eigenvalue weighted by atomic mass is 9.88. The summed E-state index contributed by atoms with van der Waals surface area (Å²) in [5.74, 6) is -2.95. The first-order valence-electron chi connectivity index (χ1n) is 9.75. The smallest absolute Gasteiger partial charge is 0.416 e. The summed E-state index contributed by atoms with van der Waals surface area (Å²) in [5.41, 5.74) is -0.869. The zero-order valence-corrected chi connectivity index (χ0v) is 17.7. The maximum Gasteiger partial charge on any atom is 0.416 e. The second-order valence-corrected chi connectivity index (χ2v) is 7.80. The summed E-state index contributed by atoms with van der Waals surface area (Å²) < 4.78 is 59.0. The highest BCUT2D eigenvalue weighted by Gasteiger charge is 2.53. The number of amides is 1. The molecule has 0 saturated carbocycles. The van der Waals surface area contributed by atoms with Crippen LogP contribution in [0.4, 0.5) is 23.2 Å². The Bertz CT molecular complexity index is 1110. The van der Waals surface area contributed by atoms with Crippen LogP contribution >= 0.6 is 0 Å². The predicted molar refractivity (Wildman–Crippen MR) is 110 cm³/mol. The molecule has 2 unspecified atom stereocenters. The van der Waals surface area contributed by atoms with Crippen LogP contribution in [-0.2, 0) is 27.0 Å². The maximum atomic E-state index is 13.9. The highest BCUT2D eigenvalue weighted by Crippen LogP contribution is 2.46. The van der Waals surface area contributed by atoms with Crippen molar-refractivity contribution in [2.24, 2.45) is 0 Å². The lowest BCUT2D eigenvalue weighted by Crippen LogP contribution is -2.63. The number of methoxy groups -OCH3 is 1. The molecule has 0 saturated heterocycles. The van der Waals surface area contributed by atoms with Gasteiger partial charge in [0.1, 0.15) is 24.1 Å². The molecule has 2 aromatic carbocycles. The van der Waals surface area contributed by atoms with Crippen LogP contribution in [0.2, 0.25) is 0 Å². The molecule has 1 aliphatic heterocycles. The van der Waals surface area contributed by atoms with Crippen molar-refractivity contribution < 1.29 is 37.0 Å². The summed E-state index contributed by atoms with van der Waals surface area (Å²) in [6, 6.07) is 7.47. The standard InChI is InChI=1S/C23H21F4NO4/c1-13(12-32-3)28(11-15-5-4-6-17(24)9-15)19-10-16(23(25,26)27)7-8-18(19)14(2)20(21(28)29)22(30)31/h4-10,13H,11-12H2,1-3H3/p+1. The van der Waals surface area contributed by atoms with Gasteiger partial charge < -0.3 is 9.84 Å². The molecule has 5 nitrogen and oxygen atoms in total. The van der Waals surface area contributed by atoms with E-state index < -0.39 is 45.5 Å². The van der Waals surface area contributed by atoms with Gasteiger partial charge in [0.15, 0.2) is 5.57 Å². The van der Waals surface area contributed by atoms with Gasteiger partial charge in [0, 0.05) is 24.3 Å². The van der Waals surface area contributed by atoms with Gasteiger partial charge in [-0.15, -0.1) is 0 Å². The topological polar surface area (TPSA) is 63.6 Å². The minimum atomic E-state index is -4.68. The summed E-state index contributed by atoms with van der Waals surface area (Å²) in [5, 5.41) is 9.78. The van der Waals surface area contributed by atoms with E-state index in [1.807, 2.05) is 0 Å². The number of carboxylic acids is 1. The van der Waals surface area contributed by atoms with E-state index in [9.17, 15) is 32.3 Å². The molecule has 32 heavy (non-hydrogen) atoms. The Kier molecular flexibility index (Phi) is 6.26. The molecular formula is C23H22F4NO4+. The highest BCUT2D eigenvalue weighted by molar-refractivity contribution is 6.26. The van der Waals surface area contributed by atoms with E-state index in [1.165, 1.54) is 44.4 Å². The van der Waals surface area contributed by atoms with Gasteiger partial charge >= 0.3 is 18.1 Å². The van der Waals surface area contributed by atoms with Crippen molar-refractivity contribution >= 4 is 23.1 Å². The maximum absolute atomic E-state index is 13.9. The third-order valence-corrected chi connectivity index (χ3v) is 5.81. The van der Waals surface area contributed by atoms with Crippen molar-refractivity contribution in [1.82, 2.24) is 4.48 Å². The molecule has 1 heterocycles. The Balaban J connectivity index is 2.40. The SMILES string of the molecule is COCC(C)[N+]1(Cc2cccc(F)c2)C(=O)C(C(=O)O)=C(C)c2ccc(C(F)(F)F)cc21. The Hall–Kier alpha value is -3.04. The van der Waals surface area contributed by atoms with Crippen LogP contribution in [0.15, 0.2) is 48.0 Å². The van der Waals surface area contributed by atoms with Crippen LogP contribution in [0.3, 0.4) is 0 Å².